The lowest BCUT2D eigenvalue weighted by Crippen LogP contribution is -2.38. The highest BCUT2D eigenvalue weighted by Gasteiger charge is 2.29. The Labute approximate surface area is 79.2 Å². The van der Waals surface area contributed by atoms with Crippen LogP contribution in [0.4, 0.5) is 0 Å². The highest BCUT2D eigenvalue weighted by molar-refractivity contribution is 5.20. The minimum absolute atomic E-state index is 0.0908. The normalized spacial score (nSPS) is 21.3. The van der Waals surface area contributed by atoms with Crippen LogP contribution in [-0.4, -0.2) is 4.98 Å². The van der Waals surface area contributed by atoms with Crippen molar-refractivity contribution < 1.29 is 0 Å². The van der Waals surface area contributed by atoms with Crippen LogP contribution in [0, 0.1) is 0 Å². The quantitative estimate of drug-likeness (QED) is 0.712. The maximum atomic E-state index is 6.34. The molecule has 1 aromatic rings. The van der Waals surface area contributed by atoms with E-state index < -0.39 is 0 Å². The van der Waals surface area contributed by atoms with Gasteiger partial charge in [-0.15, -0.1) is 0 Å². The Bertz CT molecular complexity index is 263. The summed E-state index contributed by atoms with van der Waals surface area (Å²) >= 11 is 0. The molecule has 0 amide bonds. The fraction of sp³-hybridized carbons (Fsp3) is 0.545. The molecule has 0 saturated heterocycles. The van der Waals surface area contributed by atoms with Gasteiger partial charge in [-0.1, -0.05) is 25.3 Å². The summed E-state index contributed by atoms with van der Waals surface area (Å²) in [5, 5.41) is 0. The van der Waals surface area contributed by atoms with Gasteiger partial charge in [0.05, 0.1) is 0 Å². The summed E-state index contributed by atoms with van der Waals surface area (Å²) in [5.74, 6) is 0. The van der Waals surface area contributed by atoms with Crippen molar-refractivity contribution >= 4 is 0 Å². The Morgan fingerprint density at radius 2 is 2.00 bits per heavy atom. The van der Waals surface area contributed by atoms with Crippen LogP contribution >= 0.6 is 0 Å². The molecule has 0 spiro atoms. The van der Waals surface area contributed by atoms with Crippen molar-refractivity contribution in [2.45, 2.75) is 37.6 Å². The number of pyridine rings is 1. The molecule has 1 heterocycles. The smallest absolute Gasteiger partial charge is 0.0425 e. The van der Waals surface area contributed by atoms with Crippen LogP contribution in [0.1, 0.15) is 37.7 Å². The van der Waals surface area contributed by atoms with Gasteiger partial charge < -0.3 is 5.73 Å². The Morgan fingerprint density at radius 1 is 1.23 bits per heavy atom. The summed E-state index contributed by atoms with van der Waals surface area (Å²) in [6.45, 7) is 0. The van der Waals surface area contributed by atoms with Crippen molar-refractivity contribution in [3.8, 4) is 0 Å². The zero-order valence-electron chi connectivity index (χ0n) is 7.87. The van der Waals surface area contributed by atoms with Crippen LogP contribution in [0.25, 0.3) is 0 Å². The summed E-state index contributed by atoms with van der Waals surface area (Å²) in [6, 6.07) is 4.07. The average molecular weight is 176 g/mol. The molecule has 1 aliphatic rings. The molecule has 0 aromatic carbocycles. The van der Waals surface area contributed by atoms with Crippen LogP contribution in [0.2, 0.25) is 0 Å². The maximum Gasteiger partial charge on any atom is 0.0425 e. The van der Waals surface area contributed by atoms with Crippen molar-refractivity contribution in [2.24, 2.45) is 5.73 Å². The number of aromatic nitrogens is 1. The van der Waals surface area contributed by atoms with Gasteiger partial charge in [0.15, 0.2) is 0 Å². The maximum absolute atomic E-state index is 6.34. The van der Waals surface area contributed by atoms with Gasteiger partial charge in [-0.05, 0) is 24.5 Å². The summed E-state index contributed by atoms with van der Waals surface area (Å²) in [4.78, 5) is 4.13. The number of nitrogens with zero attached hydrogens (tertiary/aromatic N) is 1. The predicted molar refractivity (Wildman–Crippen MR) is 53.2 cm³/mol. The molecule has 1 aliphatic carbocycles. The van der Waals surface area contributed by atoms with E-state index in [1.165, 1.54) is 24.8 Å². The first kappa shape index (κ1) is 8.70. The zero-order chi connectivity index (χ0) is 9.15. The van der Waals surface area contributed by atoms with Crippen molar-refractivity contribution in [1.82, 2.24) is 4.98 Å². The molecule has 0 unspecified atom stereocenters. The number of nitrogens with two attached hydrogens (primary N) is 1. The van der Waals surface area contributed by atoms with Crippen LogP contribution in [-0.2, 0) is 5.54 Å². The fourth-order valence-corrected chi connectivity index (χ4v) is 2.13. The Kier molecular flexibility index (Phi) is 2.32. The Morgan fingerprint density at radius 3 is 2.62 bits per heavy atom. The molecule has 2 rings (SSSR count). The van der Waals surface area contributed by atoms with Gasteiger partial charge in [0, 0.05) is 17.9 Å². The number of hydrogen-bond acceptors (Lipinski definition) is 2. The van der Waals surface area contributed by atoms with Crippen LogP contribution < -0.4 is 5.73 Å². The Hall–Kier alpha value is -0.890. The molecule has 1 saturated carbocycles. The summed E-state index contributed by atoms with van der Waals surface area (Å²) in [7, 11) is 0. The van der Waals surface area contributed by atoms with E-state index in [1.807, 2.05) is 12.3 Å². The van der Waals surface area contributed by atoms with Gasteiger partial charge in [0.25, 0.3) is 0 Å². The van der Waals surface area contributed by atoms with Crippen molar-refractivity contribution in [3.05, 3.63) is 30.1 Å². The lowest BCUT2D eigenvalue weighted by atomic mass is 9.78. The minimum atomic E-state index is -0.0908. The van der Waals surface area contributed by atoms with Crippen LogP contribution in [0.5, 0.6) is 0 Å². The van der Waals surface area contributed by atoms with Crippen LogP contribution in [0.3, 0.4) is 0 Å². The molecule has 13 heavy (non-hydrogen) atoms. The zero-order valence-corrected chi connectivity index (χ0v) is 7.87. The lowest BCUT2D eigenvalue weighted by Gasteiger charge is -2.33. The van der Waals surface area contributed by atoms with Gasteiger partial charge >= 0.3 is 0 Å². The topological polar surface area (TPSA) is 38.9 Å². The van der Waals surface area contributed by atoms with E-state index in [2.05, 4.69) is 11.1 Å². The van der Waals surface area contributed by atoms with Crippen molar-refractivity contribution in [1.29, 1.82) is 0 Å². The molecular weight excluding hydrogens is 160 g/mol. The average Bonchev–Trinajstić information content (AvgIpc) is 2.20. The standard InChI is InChI=1S/C11H16N2/c12-11(6-2-1-3-7-11)10-5-4-8-13-9-10/h4-5,8-9H,1-3,6-7,12H2. The number of hydrogen-bond donors (Lipinski definition) is 1. The summed E-state index contributed by atoms with van der Waals surface area (Å²) < 4.78 is 0. The third-order valence-corrected chi connectivity index (χ3v) is 2.98. The van der Waals surface area contributed by atoms with E-state index in [1.54, 1.807) is 6.20 Å². The first-order valence-corrected chi connectivity index (χ1v) is 5.01. The minimum Gasteiger partial charge on any atom is -0.321 e. The van der Waals surface area contributed by atoms with Gasteiger partial charge in [0.2, 0.25) is 0 Å². The Balaban J connectivity index is 2.23. The molecule has 2 heteroatoms. The number of rotatable bonds is 1. The van der Waals surface area contributed by atoms with E-state index in [0.29, 0.717) is 0 Å². The monoisotopic (exact) mass is 176 g/mol. The second-order valence-corrected chi connectivity index (χ2v) is 3.96. The third-order valence-electron chi connectivity index (χ3n) is 2.98. The molecule has 0 aliphatic heterocycles. The van der Waals surface area contributed by atoms with Gasteiger partial charge in [0.1, 0.15) is 0 Å². The molecule has 2 nitrogen and oxygen atoms in total. The third kappa shape index (κ3) is 1.73. The van der Waals surface area contributed by atoms with E-state index in [-0.39, 0.29) is 5.54 Å². The van der Waals surface area contributed by atoms with Gasteiger partial charge in [-0.2, -0.15) is 0 Å². The van der Waals surface area contributed by atoms with E-state index >= 15 is 0 Å². The fourth-order valence-electron chi connectivity index (χ4n) is 2.13. The molecular formula is C11H16N2. The molecule has 70 valence electrons. The highest BCUT2D eigenvalue weighted by atomic mass is 14.8. The summed E-state index contributed by atoms with van der Waals surface area (Å²) in [6.07, 6.45) is 9.77. The van der Waals surface area contributed by atoms with Gasteiger partial charge in [-0.3, -0.25) is 4.98 Å². The molecule has 2 N–H and O–H groups in total. The first-order valence-electron chi connectivity index (χ1n) is 5.01. The summed E-state index contributed by atoms with van der Waals surface area (Å²) in [5.41, 5.74) is 7.45. The largest absolute Gasteiger partial charge is 0.321 e. The molecule has 0 bridgehead atoms. The predicted octanol–water partition coefficient (Wildman–Crippen LogP) is 2.20. The highest BCUT2D eigenvalue weighted by Crippen LogP contribution is 2.33. The van der Waals surface area contributed by atoms with Crippen molar-refractivity contribution in [3.63, 3.8) is 0 Å². The molecule has 1 fully saturated rings. The van der Waals surface area contributed by atoms with E-state index in [4.69, 9.17) is 5.73 Å². The second kappa shape index (κ2) is 3.46. The SMILES string of the molecule is NC1(c2cccnc2)CCCCC1. The van der Waals surface area contributed by atoms with Crippen LogP contribution in [0.15, 0.2) is 24.5 Å². The molecule has 1 aromatic heterocycles. The molecule has 0 radical (unpaired) electrons. The second-order valence-electron chi connectivity index (χ2n) is 3.96. The lowest BCUT2D eigenvalue weighted by molar-refractivity contribution is 0.301. The first-order chi connectivity index (χ1) is 6.31. The van der Waals surface area contributed by atoms with Crippen molar-refractivity contribution in [2.75, 3.05) is 0 Å². The van der Waals surface area contributed by atoms with E-state index in [9.17, 15) is 0 Å². The van der Waals surface area contributed by atoms with E-state index in [0.717, 1.165) is 12.8 Å². The molecule has 0 atom stereocenters. The van der Waals surface area contributed by atoms with Gasteiger partial charge in [-0.25, -0.2) is 0 Å².